The van der Waals surface area contributed by atoms with Crippen molar-refractivity contribution < 1.29 is 50.2 Å². The van der Waals surface area contributed by atoms with Crippen molar-refractivity contribution in [3.05, 3.63) is 34.9 Å². The molecule has 0 spiro atoms. The predicted molar refractivity (Wildman–Crippen MR) is 80.7 cm³/mol. The molecule has 0 aliphatic carbocycles. The van der Waals surface area contributed by atoms with Gasteiger partial charge in [-0.2, -0.15) is 26.3 Å². The van der Waals surface area contributed by atoms with Crippen molar-refractivity contribution in [1.82, 2.24) is 5.32 Å². The van der Waals surface area contributed by atoms with E-state index >= 15 is 0 Å². The lowest BCUT2D eigenvalue weighted by atomic mass is 10.0. The summed E-state index contributed by atoms with van der Waals surface area (Å²) >= 11 is 0. The summed E-state index contributed by atoms with van der Waals surface area (Å²) in [5.74, 6) is -3.03. The number of alkyl halides is 6. The quantitative estimate of drug-likeness (QED) is 0.571. The molecular weight excluding hydrogens is 400 g/mol. The molecule has 1 aromatic carbocycles. The van der Waals surface area contributed by atoms with Gasteiger partial charge in [-0.3, -0.25) is 9.59 Å². The minimum absolute atomic E-state index is 0.0735. The lowest BCUT2D eigenvalue weighted by Crippen LogP contribution is -2.43. The van der Waals surface area contributed by atoms with E-state index in [2.05, 4.69) is 9.47 Å². The average molecular weight is 415 g/mol. The van der Waals surface area contributed by atoms with E-state index in [0.29, 0.717) is 12.1 Å². The number of esters is 2. The average Bonchev–Trinajstić information content (AvgIpc) is 2.58. The van der Waals surface area contributed by atoms with Crippen LogP contribution in [-0.2, 0) is 42.6 Å². The van der Waals surface area contributed by atoms with Gasteiger partial charge in [0.05, 0.1) is 38.2 Å². The summed E-state index contributed by atoms with van der Waals surface area (Å²) in [5.41, 5.74) is -3.74. The predicted octanol–water partition coefficient (Wildman–Crippen LogP) is 2.49. The molecule has 0 saturated carbocycles. The Balaban J connectivity index is 3.09. The first-order chi connectivity index (χ1) is 12.8. The second-order valence-electron chi connectivity index (χ2n) is 5.51. The molecule has 0 unspecified atom stereocenters. The molecule has 6 nitrogen and oxygen atoms in total. The number of benzene rings is 1. The zero-order valence-electron chi connectivity index (χ0n) is 14.5. The fourth-order valence-corrected chi connectivity index (χ4v) is 2.14. The maximum Gasteiger partial charge on any atom is 0.416 e. The number of hydrogen-bond acceptors (Lipinski definition) is 5. The van der Waals surface area contributed by atoms with Crippen LogP contribution in [0.4, 0.5) is 26.3 Å². The molecule has 1 amide bonds. The highest BCUT2D eigenvalue weighted by atomic mass is 19.4. The lowest BCUT2D eigenvalue weighted by Gasteiger charge is -2.17. The first-order valence-electron chi connectivity index (χ1n) is 7.50. The smallest absolute Gasteiger partial charge is 0.416 e. The van der Waals surface area contributed by atoms with Gasteiger partial charge in [-0.15, -0.1) is 0 Å². The summed E-state index contributed by atoms with van der Waals surface area (Å²) < 4.78 is 85.7. The van der Waals surface area contributed by atoms with Crippen LogP contribution in [0.2, 0.25) is 0 Å². The minimum Gasteiger partial charge on any atom is -0.469 e. The first-order valence-corrected chi connectivity index (χ1v) is 7.50. The Hall–Kier alpha value is -2.79. The number of halogens is 6. The van der Waals surface area contributed by atoms with Crippen LogP contribution < -0.4 is 5.32 Å². The van der Waals surface area contributed by atoms with E-state index in [-0.39, 0.29) is 6.07 Å². The molecule has 0 fully saturated rings. The molecule has 0 aromatic heterocycles. The Morgan fingerprint density at radius 2 is 1.43 bits per heavy atom. The summed E-state index contributed by atoms with van der Waals surface area (Å²) in [5, 5.41) is 2.02. The summed E-state index contributed by atoms with van der Waals surface area (Å²) in [7, 11) is 1.97. The van der Waals surface area contributed by atoms with E-state index in [4.69, 9.17) is 0 Å². The summed E-state index contributed by atoms with van der Waals surface area (Å²) in [6, 6.07) is -0.807. The van der Waals surface area contributed by atoms with Gasteiger partial charge in [0.1, 0.15) is 6.04 Å². The highest BCUT2D eigenvalue weighted by molar-refractivity contribution is 5.88. The van der Waals surface area contributed by atoms with E-state index in [9.17, 15) is 40.7 Å². The largest absolute Gasteiger partial charge is 0.469 e. The third kappa shape index (κ3) is 6.74. The Labute approximate surface area is 154 Å². The maximum absolute atomic E-state index is 12.8. The van der Waals surface area contributed by atoms with Crippen LogP contribution in [0.25, 0.3) is 0 Å². The second kappa shape index (κ2) is 8.93. The number of hydrogen-bond donors (Lipinski definition) is 1. The van der Waals surface area contributed by atoms with Gasteiger partial charge in [-0.25, -0.2) is 4.79 Å². The Morgan fingerprint density at radius 1 is 0.929 bits per heavy atom. The van der Waals surface area contributed by atoms with Gasteiger partial charge in [0.15, 0.2) is 0 Å². The summed E-state index contributed by atoms with van der Waals surface area (Å²) in [4.78, 5) is 34.8. The molecule has 0 radical (unpaired) electrons. The molecule has 1 atom stereocenters. The highest BCUT2D eigenvalue weighted by Gasteiger charge is 2.37. The van der Waals surface area contributed by atoms with Gasteiger partial charge in [0, 0.05) is 0 Å². The number of carbonyl (C=O) groups is 3. The normalized spacial score (nSPS) is 12.9. The Morgan fingerprint density at radius 3 is 1.82 bits per heavy atom. The van der Waals surface area contributed by atoms with E-state index in [1.54, 1.807) is 0 Å². The topological polar surface area (TPSA) is 81.7 Å². The zero-order chi connectivity index (χ0) is 21.7. The number of rotatable bonds is 6. The molecule has 1 aromatic rings. The van der Waals surface area contributed by atoms with Crippen LogP contribution in [0.3, 0.4) is 0 Å². The van der Waals surface area contributed by atoms with Gasteiger partial charge < -0.3 is 14.8 Å². The van der Waals surface area contributed by atoms with Crippen LogP contribution in [0.1, 0.15) is 23.1 Å². The van der Waals surface area contributed by atoms with Gasteiger partial charge in [0.2, 0.25) is 5.91 Å². The Kier molecular flexibility index (Phi) is 7.42. The van der Waals surface area contributed by atoms with Gasteiger partial charge in [-0.1, -0.05) is 0 Å². The van der Waals surface area contributed by atoms with Crippen molar-refractivity contribution >= 4 is 17.8 Å². The van der Waals surface area contributed by atoms with E-state index in [1.807, 2.05) is 5.32 Å². The number of amides is 1. The molecule has 0 saturated heterocycles. The van der Waals surface area contributed by atoms with Crippen LogP contribution in [0, 0.1) is 0 Å². The molecule has 0 heterocycles. The molecule has 0 aliphatic heterocycles. The van der Waals surface area contributed by atoms with Crippen molar-refractivity contribution in [1.29, 1.82) is 0 Å². The van der Waals surface area contributed by atoms with Crippen molar-refractivity contribution in [2.45, 2.75) is 31.2 Å². The lowest BCUT2D eigenvalue weighted by molar-refractivity contribution is -0.150. The van der Waals surface area contributed by atoms with Crippen LogP contribution >= 0.6 is 0 Å². The van der Waals surface area contributed by atoms with Crippen molar-refractivity contribution in [2.75, 3.05) is 14.2 Å². The van der Waals surface area contributed by atoms with Crippen molar-refractivity contribution in [3.63, 3.8) is 0 Å². The molecule has 12 heteroatoms. The number of ether oxygens (including phenoxy) is 2. The van der Waals surface area contributed by atoms with Gasteiger partial charge in [0.25, 0.3) is 0 Å². The van der Waals surface area contributed by atoms with Crippen molar-refractivity contribution in [3.8, 4) is 0 Å². The molecule has 0 aliphatic rings. The van der Waals surface area contributed by atoms with E-state index in [1.165, 1.54) is 0 Å². The van der Waals surface area contributed by atoms with Crippen LogP contribution in [-0.4, -0.2) is 38.1 Å². The zero-order valence-corrected chi connectivity index (χ0v) is 14.5. The molecule has 156 valence electrons. The monoisotopic (exact) mass is 415 g/mol. The SMILES string of the molecule is COC(=O)C[C@@H](NC(=O)Cc1cc(C(F)(F)F)cc(C(F)(F)F)c1)C(=O)OC. The molecule has 0 bridgehead atoms. The fraction of sp³-hybridized carbons (Fsp3) is 0.438. The number of carbonyl (C=O) groups excluding carboxylic acids is 3. The summed E-state index contributed by atoms with van der Waals surface area (Å²) in [6.07, 6.45) is -11.7. The molecule has 1 rings (SSSR count). The van der Waals surface area contributed by atoms with E-state index in [0.717, 1.165) is 14.2 Å². The van der Waals surface area contributed by atoms with Crippen LogP contribution in [0.5, 0.6) is 0 Å². The minimum atomic E-state index is -5.06. The third-order valence-corrected chi connectivity index (χ3v) is 3.43. The standard InChI is InChI=1S/C16H15F6NO5/c1-27-13(25)7-11(14(26)28-2)23-12(24)5-8-3-9(15(17,18)19)6-10(4-8)16(20,21)22/h3-4,6,11H,5,7H2,1-2H3,(H,23,24)/t11-/m1/s1. The van der Waals surface area contributed by atoms with Crippen LogP contribution in [0.15, 0.2) is 18.2 Å². The van der Waals surface area contributed by atoms with Crippen molar-refractivity contribution in [2.24, 2.45) is 0 Å². The second-order valence-corrected chi connectivity index (χ2v) is 5.51. The molecule has 28 heavy (non-hydrogen) atoms. The molecule has 1 N–H and O–H groups in total. The van der Waals surface area contributed by atoms with Gasteiger partial charge in [-0.05, 0) is 23.8 Å². The molecular formula is C16H15F6NO5. The summed E-state index contributed by atoms with van der Waals surface area (Å²) in [6.45, 7) is 0. The Bertz CT molecular complexity index is 712. The number of nitrogens with one attached hydrogen (secondary N) is 1. The third-order valence-electron chi connectivity index (χ3n) is 3.43. The fourth-order valence-electron chi connectivity index (χ4n) is 2.14. The maximum atomic E-state index is 12.8. The first kappa shape index (κ1) is 23.2. The van der Waals surface area contributed by atoms with E-state index < -0.39 is 65.8 Å². The highest BCUT2D eigenvalue weighted by Crippen LogP contribution is 2.36. The van der Waals surface area contributed by atoms with Gasteiger partial charge >= 0.3 is 24.3 Å². The number of methoxy groups -OCH3 is 2.